The number of nitrogens with one attached hydrogen (secondary N) is 5. The number of hydrogen-bond donors (Lipinski definition) is 6. The van der Waals surface area contributed by atoms with E-state index in [-0.39, 0.29) is 33.1 Å². The van der Waals surface area contributed by atoms with Gasteiger partial charge in [0.05, 0.1) is 27.4 Å². The van der Waals surface area contributed by atoms with Crippen LogP contribution in [0.5, 0.6) is 0 Å². The average Bonchev–Trinajstić information content (AvgIpc) is 3.47. The van der Waals surface area contributed by atoms with E-state index in [2.05, 4.69) is 59.7 Å². The minimum atomic E-state index is -0.157. The second-order valence-corrected chi connectivity index (χ2v) is 18.4. The highest BCUT2D eigenvalue weighted by molar-refractivity contribution is 6.35. The summed E-state index contributed by atoms with van der Waals surface area (Å²) in [5.74, 6) is -0.311. The van der Waals surface area contributed by atoms with Crippen molar-refractivity contribution in [3.05, 3.63) is 223 Å². The summed E-state index contributed by atoms with van der Waals surface area (Å²) in [6.07, 6.45) is 11.4. The Balaban J connectivity index is 0.000000337. The second kappa shape index (κ2) is 26.8. The highest BCUT2D eigenvalue weighted by Crippen LogP contribution is 2.29. The maximum Gasteiger partial charge on any atom is 0.255 e. The number of aromatic nitrogens is 4. The third kappa shape index (κ3) is 15.9. The van der Waals surface area contributed by atoms with Crippen molar-refractivity contribution in [2.75, 3.05) is 70.3 Å². The van der Waals surface area contributed by atoms with E-state index in [1.807, 2.05) is 190 Å². The minimum absolute atomic E-state index is 0. The van der Waals surface area contributed by atoms with Crippen molar-refractivity contribution >= 4 is 108 Å². The van der Waals surface area contributed by atoms with Gasteiger partial charge in [-0.05, 0) is 146 Å². The summed E-state index contributed by atoms with van der Waals surface area (Å²) < 4.78 is 23.9. The molecular formula is C61H69Cl2N12O2+. The first kappa shape index (κ1) is 54.0. The number of nitrogen functional groups attached to an aromatic ring is 1. The van der Waals surface area contributed by atoms with Crippen LogP contribution in [0, 0.1) is 0 Å². The first-order valence-corrected chi connectivity index (χ1v) is 24.4. The molecule has 0 radical (unpaired) electrons. The molecule has 10 rings (SSSR count). The number of hydrogen-bond acceptors (Lipinski definition) is 10. The molecule has 0 saturated heterocycles. The van der Waals surface area contributed by atoms with Gasteiger partial charge < -0.3 is 54.5 Å². The van der Waals surface area contributed by atoms with Gasteiger partial charge in [0.15, 0.2) is 24.8 Å². The predicted molar refractivity (Wildman–Crippen MR) is 321 cm³/mol. The Morgan fingerprint density at radius 2 is 0.857 bits per heavy atom. The maximum absolute atomic E-state index is 12.8. The van der Waals surface area contributed by atoms with Crippen molar-refractivity contribution in [3.8, 4) is 0 Å². The molecule has 10 aromatic rings. The predicted octanol–water partition coefficient (Wildman–Crippen LogP) is 10.3. The molecule has 0 fully saturated rings. The third-order valence-corrected chi connectivity index (χ3v) is 12.2. The molecule has 16 heteroatoms. The van der Waals surface area contributed by atoms with Crippen LogP contribution in [0.25, 0.3) is 21.8 Å². The fraction of sp³-hybridized carbons (Fsp3) is 0.115. The van der Waals surface area contributed by atoms with Crippen LogP contribution in [-0.4, -0.2) is 50.0 Å². The minimum Gasteiger partial charge on any atom is -1.00 e. The molecule has 0 bridgehead atoms. The van der Waals surface area contributed by atoms with Crippen molar-refractivity contribution in [3.63, 3.8) is 0 Å². The summed E-state index contributed by atoms with van der Waals surface area (Å²) in [4.78, 5) is 37.9. The zero-order valence-electron chi connectivity index (χ0n) is 47.0. The number of benzene rings is 6. The van der Waals surface area contributed by atoms with Crippen LogP contribution >= 0.6 is 11.6 Å². The summed E-state index contributed by atoms with van der Waals surface area (Å²) in [6.45, 7) is 0. The highest BCUT2D eigenvalue weighted by atomic mass is 35.5. The smallest absolute Gasteiger partial charge is 0.255 e. The van der Waals surface area contributed by atoms with Gasteiger partial charge in [-0.15, -0.1) is 0 Å². The Hall–Kier alpha value is -9.24. The number of amides is 2. The number of anilines is 11. The Bertz CT molecular complexity index is 3550. The molecule has 0 unspecified atom stereocenters. The van der Waals surface area contributed by atoms with E-state index in [9.17, 15) is 9.59 Å². The van der Waals surface area contributed by atoms with Crippen molar-refractivity contribution < 1.29 is 38.5 Å². The van der Waals surface area contributed by atoms with Crippen LogP contribution in [0.1, 0.15) is 35.5 Å². The molecule has 0 spiro atoms. The lowest BCUT2D eigenvalue weighted by Crippen LogP contribution is -3.00. The van der Waals surface area contributed by atoms with Gasteiger partial charge in [-0.3, -0.25) is 19.6 Å². The van der Waals surface area contributed by atoms with Crippen LogP contribution in [0.3, 0.4) is 0 Å². The summed E-state index contributed by atoms with van der Waals surface area (Å²) in [5, 5.41) is 18.7. The summed E-state index contributed by atoms with van der Waals surface area (Å²) in [5.41, 5.74) is 18.8. The standard InChI is InChI=1S/C30H28N6O.C19H18N4O.C11H11ClN2.CH4.ClH.3H2/c1-35(2)26-12-13-27-28(14-17-31-29(27)20-26)33-23-8-10-24(11-9-23)34-30(37)21-4-6-22(7-5-21)32-25-15-18-36(3)19-16-25;1-23-12-10-18(11-13-23)21-16-6-2-14(3-7-16)19(24)22-17-8-4-15(20)5-9-17;1-14(2)8-3-4-9-10(12)5-6-13-11(9)7-8;;;;;/h4-20H,1-3H3,(H2,31,33,34,37);2-13H,20H2,1H3,(H,22,24);3-7H,1-2H3;1H4;4*1H/p+1/i;;;;;2*1+1D;1+1. The first-order valence-electron chi connectivity index (χ1n) is 26.0. The number of halogens is 2. The maximum atomic E-state index is 12.8. The average molecular weight is 1080 g/mol. The monoisotopic (exact) mass is 1080 g/mol. The quantitative estimate of drug-likeness (QED) is 0.0514. The molecule has 398 valence electrons. The second-order valence-electron chi connectivity index (χ2n) is 18.0. The SMILES string of the molecule is C.CN(C)c1ccc2c(Cl)ccnc2c1.CN(C)c1ccc2c(Nc3ccc(NC(=O)c4ccc(Nc5cc[n+](C)cc5)cc4)cc3)ccnc2c1.C[n+]1ccc(Nc2ccc(C(=O)Nc3ccc(N)cc3)cc2)cc1.[2HH].[2H][2H].[2H][2H].[Cl-]. The molecule has 0 aliphatic carbocycles. The molecule has 6 aromatic carbocycles. The molecule has 4 heterocycles. The normalized spacial score (nSPS) is 10.4. The Morgan fingerprint density at radius 1 is 0.494 bits per heavy atom. The largest absolute Gasteiger partial charge is 1.00 e. The fourth-order valence-electron chi connectivity index (χ4n) is 7.58. The molecule has 0 aliphatic rings. The molecule has 0 atom stereocenters. The van der Waals surface area contributed by atoms with Gasteiger partial charge in [0.2, 0.25) is 0 Å². The van der Waals surface area contributed by atoms with E-state index in [1.165, 1.54) is 0 Å². The van der Waals surface area contributed by atoms with E-state index < -0.39 is 0 Å². The molecular weight excluding hydrogens is 1000 g/mol. The van der Waals surface area contributed by atoms with Crippen LogP contribution in [0.2, 0.25) is 5.02 Å². The Morgan fingerprint density at radius 3 is 1.31 bits per heavy atom. The number of nitrogens with zero attached hydrogens (tertiary/aromatic N) is 6. The van der Waals surface area contributed by atoms with Crippen molar-refractivity contribution in [2.24, 2.45) is 14.1 Å². The molecule has 77 heavy (non-hydrogen) atoms. The zero-order chi connectivity index (χ0) is 56.8. The molecule has 4 aromatic heterocycles. The van der Waals surface area contributed by atoms with Crippen molar-refractivity contribution in [2.45, 2.75) is 7.43 Å². The van der Waals surface area contributed by atoms with Crippen LogP contribution in [0.15, 0.2) is 207 Å². The van der Waals surface area contributed by atoms with E-state index in [1.54, 1.807) is 54.9 Å². The van der Waals surface area contributed by atoms with E-state index in [0.29, 0.717) is 22.5 Å². The van der Waals surface area contributed by atoms with Gasteiger partial charge in [0.1, 0.15) is 14.1 Å². The molecule has 7 N–H and O–H groups in total. The number of pyridine rings is 4. The summed E-state index contributed by atoms with van der Waals surface area (Å²) in [7, 11) is 12.0. The van der Waals surface area contributed by atoms with Gasteiger partial charge in [0, 0.05) is 145 Å². The van der Waals surface area contributed by atoms with Crippen LogP contribution in [-0.2, 0) is 14.1 Å². The number of aryl methyl sites for hydroxylation is 2. The van der Waals surface area contributed by atoms with Crippen molar-refractivity contribution in [1.82, 2.24) is 9.97 Å². The highest BCUT2D eigenvalue weighted by Gasteiger charge is 2.10. The lowest BCUT2D eigenvalue weighted by molar-refractivity contribution is -0.671. The van der Waals surface area contributed by atoms with Crippen molar-refractivity contribution in [1.29, 1.82) is 0 Å². The lowest BCUT2D eigenvalue weighted by Gasteiger charge is -2.15. The number of carbonyl (C=O) groups excluding carboxylic acids is 2. The first-order chi connectivity index (χ1) is 38.2. The van der Waals surface area contributed by atoms with Gasteiger partial charge in [0.25, 0.3) is 11.8 Å². The van der Waals surface area contributed by atoms with E-state index in [4.69, 9.17) is 23.3 Å². The summed E-state index contributed by atoms with van der Waals surface area (Å²) >= 11 is 6.04. The van der Waals surface area contributed by atoms with Gasteiger partial charge in [-0.1, -0.05) is 19.0 Å². The molecule has 14 nitrogen and oxygen atoms in total. The lowest BCUT2D eigenvalue weighted by atomic mass is 10.1. The van der Waals surface area contributed by atoms with Crippen LogP contribution in [0.4, 0.5) is 62.6 Å². The number of nitrogens with two attached hydrogens (primary N) is 1. The molecule has 2 amide bonds. The van der Waals surface area contributed by atoms with E-state index >= 15 is 0 Å². The van der Waals surface area contributed by atoms with Crippen LogP contribution < -0.4 is 63.7 Å². The molecule has 0 aliphatic heterocycles. The fourth-order valence-corrected chi connectivity index (χ4v) is 7.80. The van der Waals surface area contributed by atoms with E-state index in [0.717, 1.165) is 78.0 Å². The van der Waals surface area contributed by atoms with Gasteiger partial charge >= 0.3 is 0 Å². The Kier molecular flexibility index (Phi) is 18.8. The molecule has 0 saturated carbocycles. The topological polar surface area (TPSA) is 160 Å². The number of carbonyl (C=O) groups is 2. The van der Waals surface area contributed by atoms with Gasteiger partial charge in [-0.25, -0.2) is 9.13 Å². The number of rotatable bonds is 12. The van der Waals surface area contributed by atoms with Gasteiger partial charge in [-0.2, -0.15) is 0 Å². The number of fused-ring (bicyclic) bond motifs is 2. The summed E-state index contributed by atoms with van der Waals surface area (Å²) in [6, 6.07) is 53.5. The Labute approximate surface area is 469 Å². The zero-order valence-corrected chi connectivity index (χ0v) is 44.5. The third-order valence-electron chi connectivity index (χ3n) is 11.9.